The fraction of sp³-hybridized carbons (Fsp3) is 0.632. The highest BCUT2D eigenvalue weighted by Gasteiger charge is 2.30. The Labute approximate surface area is 177 Å². The van der Waals surface area contributed by atoms with Gasteiger partial charge in [0.1, 0.15) is 5.03 Å². The number of carbonyl (C=O) groups is 1. The molecule has 0 radical (unpaired) electrons. The predicted octanol–water partition coefficient (Wildman–Crippen LogP) is 3.65. The van der Waals surface area contributed by atoms with Gasteiger partial charge in [-0.2, -0.15) is 0 Å². The number of hydrogen-bond donors (Lipinski definition) is 1. The van der Waals surface area contributed by atoms with Crippen LogP contribution in [0.25, 0.3) is 10.2 Å². The Morgan fingerprint density at radius 1 is 1.39 bits per heavy atom. The van der Waals surface area contributed by atoms with Crippen LogP contribution in [0.3, 0.4) is 0 Å². The minimum absolute atomic E-state index is 0.0174. The summed E-state index contributed by atoms with van der Waals surface area (Å²) in [5.74, 6) is 0.362. The first-order chi connectivity index (χ1) is 13.4. The average Bonchev–Trinajstić information content (AvgIpc) is 3.30. The van der Waals surface area contributed by atoms with E-state index in [0.717, 1.165) is 46.3 Å². The highest BCUT2D eigenvalue weighted by molar-refractivity contribution is 8.00. The van der Waals surface area contributed by atoms with Gasteiger partial charge in [0.2, 0.25) is 5.91 Å². The number of thioether (sulfide) groups is 2. The first-order valence-electron chi connectivity index (χ1n) is 9.46. The summed E-state index contributed by atoms with van der Waals surface area (Å²) in [6, 6.07) is 0. The van der Waals surface area contributed by atoms with Crippen molar-refractivity contribution in [3.63, 3.8) is 0 Å². The number of thiophene rings is 1. The molecular weight excluding hydrogens is 414 g/mol. The van der Waals surface area contributed by atoms with E-state index < -0.39 is 0 Å². The van der Waals surface area contributed by atoms with E-state index in [1.807, 2.05) is 6.26 Å². The van der Waals surface area contributed by atoms with Crippen LogP contribution in [0.15, 0.2) is 10.2 Å². The molecule has 0 aromatic carbocycles. The molecule has 6 nitrogen and oxygen atoms in total. The van der Waals surface area contributed by atoms with Crippen molar-refractivity contribution in [1.29, 1.82) is 0 Å². The van der Waals surface area contributed by atoms with Crippen molar-refractivity contribution in [2.75, 3.05) is 25.2 Å². The van der Waals surface area contributed by atoms with Crippen LogP contribution in [0.5, 0.6) is 0 Å². The van der Waals surface area contributed by atoms with Gasteiger partial charge in [-0.1, -0.05) is 23.5 Å². The Hall–Kier alpha value is -0.870. The van der Waals surface area contributed by atoms with Crippen LogP contribution in [0.2, 0.25) is 0 Å². The molecule has 28 heavy (non-hydrogen) atoms. The zero-order valence-electron chi connectivity index (χ0n) is 16.4. The van der Waals surface area contributed by atoms with Crippen molar-refractivity contribution >= 4 is 51.0 Å². The van der Waals surface area contributed by atoms with Crippen molar-refractivity contribution < 1.29 is 14.3 Å². The van der Waals surface area contributed by atoms with Crippen molar-refractivity contribution in [2.24, 2.45) is 0 Å². The maximum atomic E-state index is 12.3. The minimum Gasteiger partial charge on any atom is -0.376 e. The van der Waals surface area contributed by atoms with Crippen molar-refractivity contribution in [3.8, 4) is 0 Å². The zero-order chi connectivity index (χ0) is 19.7. The van der Waals surface area contributed by atoms with Crippen LogP contribution in [0.1, 0.15) is 37.1 Å². The van der Waals surface area contributed by atoms with Crippen molar-refractivity contribution in [2.45, 2.75) is 61.6 Å². The molecule has 2 aromatic rings. The lowest BCUT2D eigenvalue weighted by Crippen LogP contribution is -2.32. The SMILES string of the molecule is CSc1nc(SCC(=O)NCC2CCCO2)c2sc3c(c2n1)COC(C)(C)C3. The average molecular weight is 440 g/mol. The number of rotatable bonds is 6. The van der Waals surface area contributed by atoms with Gasteiger partial charge in [0, 0.05) is 30.0 Å². The minimum atomic E-state index is -0.154. The lowest BCUT2D eigenvalue weighted by Gasteiger charge is -2.29. The summed E-state index contributed by atoms with van der Waals surface area (Å²) in [7, 11) is 0. The van der Waals surface area contributed by atoms with Gasteiger partial charge in [0.15, 0.2) is 5.16 Å². The molecule has 1 amide bonds. The summed E-state index contributed by atoms with van der Waals surface area (Å²) in [6.45, 7) is 6.21. The van der Waals surface area contributed by atoms with E-state index in [9.17, 15) is 4.79 Å². The predicted molar refractivity (Wildman–Crippen MR) is 114 cm³/mol. The van der Waals surface area contributed by atoms with E-state index in [1.54, 1.807) is 11.3 Å². The molecule has 2 aliphatic heterocycles. The van der Waals surface area contributed by atoms with Crippen LogP contribution >= 0.6 is 34.9 Å². The molecule has 2 aromatic heterocycles. The van der Waals surface area contributed by atoms with Gasteiger partial charge in [-0.3, -0.25) is 4.79 Å². The van der Waals surface area contributed by atoms with E-state index in [-0.39, 0.29) is 17.6 Å². The third kappa shape index (κ3) is 4.48. The number of nitrogens with one attached hydrogen (secondary N) is 1. The van der Waals surface area contributed by atoms with Gasteiger partial charge in [-0.25, -0.2) is 9.97 Å². The molecule has 4 rings (SSSR count). The Kier molecular flexibility index (Phi) is 6.17. The van der Waals surface area contributed by atoms with Gasteiger partial charge in [-0.05, 0) is 32.9 Å². The summed E-state index contributed by atoms with van der Waals surface area (Å²) in [5.41, 5.74) is 2.01. The third-order valence-electron chi connectivity index (χ3n) is 4.93. The molecule has 0 spiro atoms. The van der Waals surface area contributed by atoms with Crippen molar-refractivity contribution in [1.82, 2.24) is 15.3 Å². The number of aromatic nitrogens is 2. The molecule has 1 atom stereocenters. The summed E-state index contributed by atoms with van der Waals surface area (Å²) in [4.78, 5) is 23.0. The molecule has 0 aliphatic carbocycles. The molecule has 4 heterocycles. The molecule has 0 saturated carbocycles. The molecule has 2 aliphatic rings. The quantitative estimate of drug-likeness (QED) is 0.418. The molecule has 1 saturated heterocycles. The Bertz CT molecular complexity index is 878. The van der Waals surface area contributed by atoms with Gasteiger partial charge >= 0.3 is 0 Å². The molecule has 152 valence electrons. The second kappa shape index (κ2) is 8.47. The van der Waals surface area contributed by atoms with E-state index in [1.165, 1.54) is 34.0 Å². The smallest absolute Gasteiger partial charge is 0.230 e. The van der Waals surface area contributed by atoms with Gasteiger partial charge in [-0.15, -0.1) is 11.3 Å². The first kappa shape index (κ1) is 20.4. The van der Waals surface area contributed by atoms with Gasteiger partial charge in [0.25, 0.3) is 0 Å². The Morgan fingerprint density at radius 3 is 3.00 bits per heavy atom. The number of hydrogen-bond acceptors (Lipinski definition) is 8. The summed E-state index contributed by atoms with van der Waals surface area (Å²) in [6.07, 6.45) is 5.12. The zero-order valence-corrected chi connectivity index (χ0v) is 18.8. The highest BCUT2D eigenvalue weighted by atomic mass is 32.2. The summed E-state index contributed by atoms with van der Waals surface area (Å²) < 4.78 is 12.6. The Morgan fingerprint density at radius 2 is 2.25 bits per heavy atom. The maximum absolute atomic E-state index is 12.3. The fourth-order valence-electron chi connectivity index (χ4n) is 3.43. The molecule has 1 unspecified atom stereocenters. The van der Waals surface area contributed by atoms with E-state index in [2.05, 4.69) is 24.1 Å². The third-order valence-corrected chi connectivity index (χ3v) is 7.81. The van der Waals surface area contributed by atoms with Gasteiger partial charge < -0.3 is 14.8 Å². The molecular formula is C19H25N3O3S3. The topological polar surface area (TPSA) is 73.3 Å². The molecule has 1 N–H and O–H groups in total. The molecule has 9 heteroatoms. The second-order valence-electron chi connectivity index (χ2n) is 7.65. The largest absolute Gasteiger partial charge is 0.376 e. The van der Waals surface area contributed by atoms with Crippen LogP contribution in [0.4, 0.5) is 0 Å². The Balaban J connectivity index is 1.51. The lowest BCUT2D eigenvalue weighted by molar-refractivity contribution is -0.119. The van der Waals surface area contributed by atoms with E-state index >= 15 is 0 Å². The number of amides is 1. The number of ether oxygens (including phenoxy) is 2. The highest BCUT2D eigenvalue weighted by Crippen LogP contribution is 2.41. The lowest BCUT2D eigenvalue weighted by atomic mass is 9.98. The first-order valence-corrected chi connectivity index (χ1v) is 12.5. The van der Waals surface area contributed by atoms with E-state index in [4.69, 9.17) is 14.5 Å². The van der Waals surface area contributed by atoms with Crippen molar-refractivity contribution in [3.05, 3.63) is 10.4 Å². The molecule has 1 fully saturated rings. The number of fused-ring (bicyclic) bond motifs is 3. The summed E-state index contributed by atoms with van der Waals surface area (Å²) in [5, 5.41) is 4.61. The number of carbonyl (C=O) groups excluding carboxylic acids is 1. The maximum Gasteiger partial charge on any atom is 0.230 e. The van der Waals surface area contributed by atoms with Crippen LogP contribution in [0, 0.1) is 0 Å². The normalized spacial score (nSPS) is 21.0. The second-order valence-corrected chi connectivity index (χ2v) is 10.5. The number of nitrogens with zero attached hydrogens (tertiary/aromatic N) is 2. The van der Waals surface area contributed by atoms with Crippen LogP contribution < -0.4 is 5.32 Å². The standard InChI is InChI=1S/C19H25N3O3S3/c1-19(2)7-13-12(9-25-19)15-16(28-13)17(22-18(21-15)26-3)27-10-14(23)20-8-11-5-4-6-24-11/h11H,4-10H2,1-3H3,(H,20,23). The molecule has 0 bridgehead atoms. The fourth-order valence-corrected chi connectivity index (χ4v) is 6.24. The van der Waals surface area contributed by atoms with Crippen LogP contribution in [-0.4, -0.2) is 52.7 Å². The van der Waals surface area contributed by atoms with Crippen LogP contribution in [-0.2, 0) is 27.3 Å². The summed E-state index contributed by atoms with van der Waals surface area (Å²) >= 11 is 4.76. The monoisotopic (exact) mass is 439 g/mol. The van der Waals surface area contributed by atoms with E-state index in [0.29, 0.717) is 18.9 Å². The van der Waals surface area contributed by atoms with Gasteiger partial charge in [0.05, 0.1) is 34.3 Å².